The van der Waals surface area contributed by atoms with Crippen LogP contribution >= 0.6 is 0 Å². The quantitative estimate of drug-likeness (QED) is 0.728. The third-order valence-electron chi connectivity index (χ3n) is 3.02. The van der Waals surface area contributed by atoms with Gasteiger partial charge in [0.1, 0.15) is 0 Å². The van der Waals surface area contributed by atoms with Crippen molar-refractivity contribution in [1.29, 1.82) is 0 Å². The third kappa shape index (κ3) is 2.94. The van der Waals surface area contributed by atoms with Gasteiger partial charge in [0.15, 0.2) is 0 Å². The molecule has 3 heteroatoms. The molecule has 0 aliphatic carbocycles. The molecule has 1 aliphatic rings. The van der Waals surface area contributed by atoms with Crippen LogP contribution in [0.25, 0.3) is 0 Å². The van der Waals surface area contributed by atoms with Crippen LogP contribution in [0.15, 0.2) is 0 Å². The number of nitrogens with zero attached hydrogens (tertiary/aromatic N) is 2. The Bertz CT molecular complexity index is 173. The van der Waals surface area contributed by atoms with E-state index in [-0.39, 0.29) is 1.43 Å². The van der Waals surface area contributed by atoms with Gasteiger partial charge in [-0.25, -0.2) is 0 Å². The molecule has 3 nitrogen and oxygen atoms in total. The molecule has 0 bridgehead atoms. The highest BCUT2D eigenvalue weighted by molar-refractivity contribution is 4.94. The zero-order chi connectivity index (χ0) is 10.7. The van der Waals surface area contributed by atoms with Gasteiger partial charge in [-0.2, -0.15) is 0 Å². The Kier molecular flexibility index (Phi) is 4.35. The van der Waals surface area contributed by atoms with Crippen LogP contribution in [0.2, 0.25) is 0 Å². The van der Waals surface area contributed by atoms with Crippen LogP contribution in [0, 0.1) is 0 Å². The normalized spacial score (nSPS) is 29.4. The maximum Gasteiger partial charge on any atom is 0.0383 e. The van der Waals surface area contributed by atoms with Crippen molar-refractivity contribution in [2.45, 2.75) is 38.9 Å². The lowest BCUT2D eigenvalue weighted by Gasteiger charge is -2.27. The van der Waals surface area contributed by atoms with Crippen molar-refractivity contribution in [2.75, 3.05) is 33.7 Å². The van der Waals surface area contributed by atoms with E-state index in [2.05, 4.69) is 50.0 Å². The molecular formula is C11H27N3. The summed E-state index contributed by atoms with van der Waals surface area (Å²) in [6, 6.07) is 1.88. The summed E-state index contributed by atoms with van der Waals surface area (Å²) >= 11 is 0. The first kappa shape index (κ1) is 12.0. The first-order valence-corrected chi connectivity index (χ1v) is 5.69. The van der Waals surface area contributed by atoms with E-state index < -0.39 is 0 Å². The zero-order valence-electron chi connectivity index (χ0n) is 10.2. The standard InChI is InChI=1S/C11H25N3.H2/c1-6-14-7-10(12-9(2)3)11(8-14)13(4)5;/h9-12H,6-8H2,1-5H3;1H/t10-,11-;/m1./s1. The molecule has 0 aromatic rings. The van der Waals surface area contributed by atoms with Gasteiger partial charge in [0.25, 0.3) is 0 Å². The number of nitrogens with one attached hydrogen (secondary N) is 1. The van der Waals surface area contributed by atoms with E-state index >= 15 is 0 Å². The average Bonchev–Trinajstić information content (AvgIpc) is 2.46. The summed E-state index contributed by atoms with van der Waals surface area (Å²) in [4.78, 5) is 4.86. The highest BCUT2D eigenvalue weighted by atomic mass is 15.3. The van der Waals surface area contributed by atoms with E-state index in [1.54, 1.807) is 0 Å². The maximum atomic E-state index is 3.65. The lowest BCUT2D eigenvalue weighted by Crippen LogP contribution is -2.48. The molecule has 0 saturated carbocycles. The van der Waals surface area contributed by atoms with Crippen molar-refractivity contribution in [3.8, 4) is 0 Å². The summed E-state index contributed by atoms with van der Waals surface area (Å²) in [6.07, 6.45) is 0. The van der Waals surface area contributed by atoms with Crippen LogP contribution in [0.1, 0.15) is 22.2 Å². The molecule has 1 rings (SSSR count). The van der Waals surface area contributed by atoms with E-state index in [0.29, 0.717) is 18.1 Å². The molecule has 1 N–H and O–H groups in total. The maximum absolute atomic E-state index is 3.65. The molecule has 14 heavy (non-hydrogen) atoms. The first-order chi connectivity index (χ1) is 6.54. The Hall–Kier alpha value is -0.120. The lowest BCUT2D eigenvalue weighted by atomic mass is 10.1. The van der Waals surface area contributed by atoms with E-state index in [9.17, 15) is 0 Å². The van der Waals surface area contributed by atoms with Crippen LogP contribution in [-0.4, -0.2) is 61.7 Å². The predicted molar refractivity (Wildman–Crippen MR) is 63.8 cm³/mol. The minimum absolute atomic E-state index is 0. The molecular weight excluding hydrogens is 174 g/mol. The minimum Gasteiger partial charge on any atom is -0.309 e. The SMILES string of the molecule is CCN1C[C@@H](N(C)C)[C@H](NC(C)C)C1.[HH]. The fraction of sp³-hybridized carbons (Fsp3) is 1.00. The van der Waals surface area contributed by atoms with Gasteiger partial charge in [-0.15, -0.1) is 0 Å². The fourth-order valence-electron chi connectivity index (χ4n) is 2.24. The molecule has 86 valence electrons. The highest BCUT2D eigenvalue weighted by Gasteiger charge is 2.33. The van der Waals surface area contributed by atoms with Crippen LogP contribution in [0.4, 0.5) is 0 Å². The van der Waals surface area contributed by atoms with E-state index in [1.807, 2.05) is 0 Å². The Morgan fingerprint density at radius 1 is 1.43 bits per heavy atom. The van der Waals surface area contributed by atoms with Gasteiger partial charge in [0.2, 0.25) is 0 Å². The van der Waals surface area contributed by atoms with Gasteiger partial charge in [-0.1, -0.05) is 20.8 Å². The topological polar surface area (TPSA) is 18.5 Å². The average molecular weight is 201 g/mol. The number of likely N-dealkylation sites (tertiary alicyclic amines) is 1. The molecule has 1 saturated heterocycles. The summed E-state index contributed by atoms with van der Waals surface area (Å²) in [6.45, 7) is 10.2. The van der Waals surface area contributed by atoms with Gasteiger partial charge >= 0.3 is 0 Å². The molecule has 0 amide bonds. The highest BCUT2D eigenvalue weighted by Crippen LogP contribution is 2.14. The van der Waals surface area contributed by atoms with Gasteiger partial charge < -0.3 is 15.1 Å². The van der Waals surface area contributed by atoms with Crippen LogP contribution in [-0.2, 0) is 0 Å². The van der Waals surface area contributed by atoms with Gasteiger partial charge in [-0.3, -0.25) is 0 Å². The van der Waals surface area contributed by atoms with Gasteiger partial charge in [0, 0.05) is 32.6 Å². The second kappa shape index (κ2) is 5.10. The number of rotatable bonds is 4. The molecule has 0 radical (unpaired) electrons. The molecule has 2 atom stereocenters. The van der Waals surface area contributed by atoms with E-state index in [1.165, 1.54) is 19.6 Å². The number of likely N-dealkylation sites (N-methyl/N-ethyl adjacent to an activating group) is 2. The predicted octanol–water partition coefficient (Wildman–Crippen LogP) is 0.865. The Labute approximate surface area is 89.9 Å². The summed E-state index contributed by atoms with van der Waals surface area (Å²) < 4.78 is 0. The summed E-state index contributed by atoms with van der Waals surface area (Å²) in [5.74, 6) is 0. The Balaban J connectivity index is 0.00000196. The lowest BCUT2D eigenvalue weighted by molar-refractivity contribution is 0.252. The fourth-order valence-corrected chi connectivity index (χ4v) is 2.24. The second-order valence-electron chi connectivity index (χ2n) is 4.81. The summed E-state index contributed by atoms with van der Waals surface area (Å²) in [7, 11) is 4.36. The molecule has 0 aromatic carbocycles. The van der Waals surface area contributed by atoms with E-state index in [4.69, 9.17) is 0 Å². The van der Waals surface area contributed by atoms with Crippen LogP contribution < -0.4 is 5.32 Å². The van der Waals surface area contributed by atoms with Crippen molar-refractivity contribution in [3.63, 3.8) is 0 Å². The molecule has 0 unspecified atom stereocenters. The Morgan fingerprint density at radius 2 is 2.07 bits per heavy atom. The minimum atomic E-state index is 0. The van der Waals surface area contributed by atoms with Crippen LogP contribution in [0.3, 0.4) is 0 Å². The first-order valence-electron chi connectivity index (χ1n) is 5.69. The van der Waals surface area contributed by atoms with Crippen LogP contribution in [0.5, 0.6) is 0 Å². The van der Waals surface area contributed by atoms with Crippen molar-refractivity contribution < 1.29 is 1.43 Å². The van der Waals surface area contributed by atoms with Gasteiger partial charge in [0.05, 0.1) is 0 Å². The molecule has 1 fully saturated rings. The molecule has 0 aromatic heterocycles. The van der Waals surface area contributed by atoms with Gasteiger partial charge in [-0.05, 0) is 20.6 Å². The van der Waals surface area contributed by atoms with Crippen molar-refractivity contribution in [2.24, 2.45) is 0 Å². The second-order valence-corrected chi connectivity index (χ2v) is 4.81. The third-order valence-corrected chi connectivity index (χ3v) is 3.02. The largest absolute Gasteiger partial charge is 0.309 e. The van der Waals surface area contributed by atoms with E-state index in [0.717, 1.165) is 0 Å². The number of hydrogen-bond acceptors (Lipinski definition) is 3. The summed E-state index contributed by atoms with van der Waals surface area (Å²) in [5.41, 5.74) is 0. The molecule has 0 spiro atoms. The van der Waals surface area contributed by atoms with Crippen molar-refractivity contribution in [1.82, 2.24) is 15.1 Å². The molecule has 1 aliphatic heterocycles. The van der Waals surface area contributed by atoms with Crippen molar-refractivity contribution in [3.05, 3.63) is 0 Å². The smallest absolute Gasteiger partial charge is 0.0383 e. The molecule has 1 heterocycles. The zero-order valence-corrected chi connectivity index (χ0v) is 10.2. The monoisotopic (exact) mass is 201 g/mol. The summed E-state index contributed by atoms with van der Waals surface area (Å²) in [5, 5.41) is 3.65. The van der Waals surface area contributed by atoms with Crippen molar-refractivity contribution >= 4 is 0 Å². The number of hydrogen-bond donors (Lipinski definition) is 1. The Morgan fingerprint density at radius 3 is 2.50 bits per heavy atom.